The molecule has 0 aromatic heterocycles. The predicted molar refractivity (Wildman–Crippen MR) is 126 cm³/mol. The Hall–Kier alpha value is -3.15. The Balaban J connectivity index is 1.54. The van der Waals surface area contributed by atoms with Gasteiger partial charge < -0.3 is 9.47 Å². The minimum Gasteiger partial charge on any atom is -0.494 e. The zero-order chi connectivity index (χ0) is 23.7. The highest BCUT2D eigenvalue weighted by molar-refractivity contribution is 6.34. The van der Waals surface area contributed by atoms with E-state index in [1.165, 1.54) is 6.07 Å². The third kappa shape index (κ3) is 4.52. The maximum atomic E-state index is 13.1. The number of ether oxygens (including phenoxy) is 2. The first-order chi connectivity index (χ1) is 15.8. The second-order valence-electron chi connectivity index (χ2n) is 9.40. The molecule has 6 heteroatoms. The molecule has 1 saturated carbocycles. The van der Waals surface area contributed by atoms with Crippen LogP contribution < -0.4 is 9.64 Å². The van der Waals surface area contributed by atoms with Gasteiger partial charge in [0.15, 0.2) is 0 Å². The number of amides is 2. The van der Waals surface area contributed by atoms with Crippen LogP contribution in [0.3, 0.4) is 0 Å². The molecular weight excluding hydrogens is 418 g/mol. The molecular formula is C27H31NO5. The van der Waals surface area contributed by atoms with Crippen molar-refractivity contribution in [2.75, 3.05) is 11.5 Å². The quantitative estimate of drug-likeness (QED) is 0.430. The lowest BCUT2D eigenvalue weighted by atomic mass is 9.75. The lowest BCUT2D eigenvalue weighted by molar-refractivity contribution is -0.0174. The van der Waals surface area contributed by atoms with Crippen LogP contribution in [0.5, 0.6) is 5.75 Å². The van der Waals surface area contributed by atoms with E-state index in [-0.39, 0.29) is 17.2 Å². The molecule has 2 aliphatic rings. The average molecular weight is 450 g/mol. The van der Waals surface area contributed by atoms with Crippen molar-refractivity contribution in [3.05, 3.63) is 59.2 Å². The molecule has 2 amide bonds. The molecule has 174 valence electrons. The molecule has 0 spiro atoms. The molecule has 0 bridgehead atoms. The van der Waals surface area contributed by atoms with E-state index in [1.54, 1.807) is 36.4 Å². The van der Waals surface area contributed by atoms with Crippen molar-refractivity contribution in [1.29, 1.82) is 0 Å². The molecule has 4 rings (SSSR count). The third-order valence-electron chi connectivity index (χ3n) is 6.75. The zero-order valence-electron chi connectivity index (χ0n) is 19.7. The van der Waals surface area contributed by atoms with Crippen LogP contribution >= 0.6 is 0 Å². The topological polar surface area (TPSA) is 72.9 Å². The second kappa shape index (κ2) is 9.38. The minimum atomic E-state index is -0.444. The fourth-order valence-corrected chi connectivity index (χ4v) is 4.92. The van der Waals surface area contributed by atoms with Crippen molar-refractivity contribution in [2.45, 2.75) is 53.1 Å². The van der Waals surface area contributed by atoms with Gasteiger partial charge in [-0.3, -0.25) is 9.59 Å². The van der Waals surface area contributed by atoms with E-state index in [4.69, 9.17) is 9.47 Å². The maximum absolute atomic E-state index is 13.1. The fraction of sp³-hybridized carbons (Fsp3) is 0.444. The molecule has 1 fully saturated rings. The number of fused-ring (bicyclic) bond motifs is 1. The number of carbonyl (C=O) groups is 3. The second-order valence-corrected chi connectivity index (χ2v) is 9.40. The number of carbonyl (C=O) groups excluding carboxylic acids is 3. The number of anilines is 1. The summed E-state index contributed by atoms with van der Waals surface area (Å²) in [6.07, 6.45) is 2.91. The predicted octanol–water partition coefficient (Wildman–Crippen LogP) is 5.50. The zero-order valence-corrected chi connectivity index (χ0v) is 19.7. The van der Waals surface area contributed by atoms with E-state index in [0.717, 1.165) is 24.2 Å². The fourth-order valence-electron chi connectivity index (χ4n) is 4.92. The number of imide groups is 1. The largest absolute Gasteiger partial charge is 0.494 e. The highest BCUT2D eigenvalue weighted by Gasteiger charge is 2.38. The van der Waals surface area contributed by atoms with Crippen LogP contribution in [0.4, 0.5) is 5.69 Å². The molecule has 0 radical (unpaired) electrons. The summed E-state index contributed by atoms with van der Waals surface area (Å²) in [5.74, 6) is 0.650. The molecule has 3 atom stereocenters. The van der Waals surface area contributed by atoms with E-state index >= 15 is 0 Å². The van der Waals surface area contributed by atoms with Gasteiger partial charge in [-0.15, -0.1) is 0 Å². The van der Waals surface area contributed by atoms with Gasteiger partial charge in [-0.25, -0.2) is 9.69 Å². The van der Waals surface area contributed by atoms with Gasteiger partial charge >= 0.3 is 5.97 Å². The van der Waals surface area contributed by atoms with Gasteiger partial charge in [0, 0.05) is 0 Å². The Kier molecular flexibility index (Phi) is 6.54. The molecule has 1 aliphatic carbocycles. The van der Waals surface area contributed by atoms with Gasteiger partial charge in [0.05, 0.1) is 29.0 Å². The van der Waals surface area contributed by atoms with Crippen molar-refractivity contribution in [3.8, 4) is 5.75 Å². The first-order valence-corrected chi connectivity index (χ1v) is 11.8. The Morgan fingerprint density at radius 3 is 2.39 bits per heavy atom. The first kappa shape index (κ1) is 23.0. The van der Waals surface area contributed by atoms with E-state index in [9.17, 15) is 14.4 Å². The van der Waals surface area contributed by atoms with E-state index < -0.39 is 17.8 Å². The molecule has 0 N–H and O–H groups in total. The van der Waals surface area contributed by atoms with Gasteiger partial charge in [-0.1, -0.05) is 27.2 Å². The number of benzene rings is 2. The number of hydrogen-bond donors (Lipinski definition) is 0. The first-order valence-electron chi connectivity index (χ1n) is 11.8. The summed E-state index contributed by atoms with van der Waals surface area (Å²) < 4.78 is 11.4. The van der Waals surface area contributed by atoms with Gasteiger partial charge in [0.1, 0.15) is 11.9 Å². The molecule has 33 heavy (non-hydrogen) atoms. The number of nitrogens with zero attached hydrogens (tertiary/aromatic N) is 1. The summed E-state index contributed by atoms with van der Waals surface area (Å²) in [5.41, 5.74) is 1.27. The Bertz CT molecular complexity index is 1060. The van der Waals surface area contributed by atoms with Gasteiger partial charge in [0.25, 0.3) is 11.8 Å². The number of esters is 1. The summed E-state index contributed by atoms with van der Waals surface area (Å²) in [6, 6.07) is 11.4. The maximum Gasteiger partial charge on any atom is 0.338 e. The molecule has 2 aromatic carbocycles. The van der Waals surface area contributed by atoms with Crippen molar-refractivity contribution in [1.82, 2.24) is 0 Å². The molecule has 1 aliphatic heterocycles. The van der Waals surface area contributed by atoms with Crippen LogP contribution in [0.15, 0.2) is 42.5 Å². The lowest BCUT2D eigenvalue weighted by Gasteiger charge is -2.36. The van der Waals surface area contributed by atoms with Gasteiger partial charge in [-0.2, -0.15) is 0 Å². The summed E-state index contributed by atoms with van der Waals surface area (Å²) in [4.78, 5) is 40.1. The minimum absolute atomic E-state index is 0.132. The van der Waals surface area contributed by atoms with Crippen molar-refractivity contribution < 1.29 is 23.9 Å². The summed E-state index contributed by atoms with van der Waals surface area (Å²) in [7, 11) is 0. The van der Waals surface area contributed by atoms with Crippen LogP contribution in [0.1, 0.15) is 78.0 Å². The van der Waals surface area contributed by atoms with Crippen LogP contribution in [0, 0.1) is 17.8 Å². The normalized spacial score (nSPS) is 22.5. The van der Waals surface area contributed by atoms with E-state index in [1.807, 2.05) is 6.92 Å². The van der Waals surface area contributed by atoms with Crippen LogP contribution in [-0.2, 0) is 4.74 Å². The number of rotatable bonds is 6. The van der Waals surface area contributed by atoms with Crippen LogP contribution in [-0.4, -0.2) is 30.5 Å². The standard InChI is InChI=1S/C27H31NO5/c1-5-32-20-10-8-19(9-11-20)28-25(29)22-13-7-18(15-23(22)26(28)30)27(31)33-24-14-17(4)6-12-21(24)16(2)3/h7-11,13,15-17,21,24H,5-6,12,14H2,1-4H3/t17-,21-,24+/m0/s1. The van der Waals surface area contributed by atoms with Crippen LogP contribution in [0.2, 0.25) is 0 Å². The average Bonchev–Trinajstić information content (AvgIpc) is 3.04. The smallest absolute Gasteiger partial charge is 0.338 e. The SMILES string of the molecule is CCOc1ccc(N2C(=O)c3ccc(C(=O)O[C@@H]4C[C@@H](C)CC[C@H]4C(C)C)cc3C2=O)cc1. The van der Waals surface area contributed by atoms with E-state index in [0.29, 0.717) is 41.4 Å². The molecule has 6 nitrogen and oxygen atoms in total. The highest BCUT2D eigenvalue weighted by atomic mass is 16.5. The Morgan fingerprint density at radius 2 is 1.73 bits per heavy atom. The van der Waals surface area contributed by atoms with E-state index in [2.05, 4.69) is 20.8 Å². The Morgan fingerprint density at radius 1 is 1.03 bits per heavy atom. The highest BCUT2D eigenvalue weighted by Crippen LogP contribution is 2.36. The van der Waals surface area contributed by atoms with Crippen molar-refractivity contribution in [2.24, 2.45) is 17.8 Å². The molecule has 1 heterocycles. The van der Waals surface area contributed by atoms with Gasteiger partial charge in [0.2, 0.25) is 0 Å². The molecule has 0 unspecified atom stereocenters. The molecule has 0 saturated heterocycles. The lowest BCUT2D eigenvalue weighted by Crippen LogP contribution is -2.35. The molecule has 2 aromatic rings. The summed E-state index contributed by atoms with van der Waals surface area (Å²) in [5, 5.41) is 0. The number of hydrogen-bond acceptors (Lipinski definition) is 5. The summed E-state index contributed by atoms with van der Waals surface area (Å²) in [6.45, 7) is 8.93. The van der Waals surface area contributed by atoms with Crippen molar-refractivity contribution in [3.63, 3.8) is 0 Å². The Labute approximate surface area is 194 Å². The van der Waals surface area contributed by atoms with Gasteiger partial charge in [-0.05, 0) is 80.0 Å². The van der Waals surface area contributed by atoms with Crippen molar-refractivity contribution >= 4 is 23.5 Å². The summed E-state index contributed by atoms with van der Waals surface area (Å²) >= 11 is 0. The van der Waals surface area contributed by atoms with Crippen LogP contribution in [0.25, 0.3) is 0 Å². The monoisotopic (exact) mass is 449 g/mol. The third-order valence-corrected chi connectivity index (χ3v) is 6.75.